The zero-order chi connectivity index (χ0) is 19.1. The first-order chi connectivity index (χ1) is 12.5. The predicted octanol–water partition coefficient (Wildman–Crippen LogP) is 3.94. The van der Waals surface area contributed by atoms with Crippen molar-refractivity contribution in [3.8, 4) is 17.2 Å². The topological polar surface area (TPSA) is 106 Å². The van der Waals surface area contributed by atoms with Gasteiger partial charge >= 0.3 is 11.6 Å². The molecule has 0 aliphatic carbocycles. The Morgan fingerprint density at radius 3 is 2.50 bits per heavy atom. The number of ether oxygens (including phenoxy) is 2. The van der Waals surface area contributed by atoms with E-state index in [0.29, 0.717) is 0 Å². The molecule has 26 heavy (non-hydrogen) atoms. The van der Waals surface area contributed by atoms with E-state index in [9.17, 15) is 19.8 Å². The molecule has 142 valence electrons. The highest BCUT2D eigenvalue weighted by molar-refractivity contribution is 6.07. The zero-order valence-electron chi connectivity index (χ0n) is 15.0. The van der Waals surface area contributed by atoms with Gasteiger partial charge in [-0.2, -0.15) is 0 Å². The quantitative estimate of drug-likeness (QED) is 0.486. The molecule has 0 aliphatic rings. The van der Waals surface area contributed by atoms with Gasteiger partial charge in [-0.25, -0.2) is 9.59 Å². The van der Waals surface area contributed by atoms with Crippen molar-refractivity contribution >= 4 is 16.9 Å². The van der Waals surface area contributed by atoms with E-state index in [0.717, 1.165) is 32.1 Å². The number of rotatable bonds is 10. The van der Waals surface area contributed by atoms with Crippen LogP contribution in [0.3, 0.4) is 0 Å². The maximum Gasteiger partial charge on any atom is 0.383 e. The highest BCUT2D eigenvalue weighted by Crippen LogP contribution is 2.37. The molecule has 0 bridgehead atoms. The van der Waals surface area contributed by atoms with Crippen molar-refractivity contribution in [2.45, 2.75) is 45.4 Å². The van der Waals surface area contributed by atoms with Crippen LogP contribution in [0.15, 0.2) is 21.3 Å². The third-order valence-electron chi connectivity index (χ3n) is 4.15. The van der Waals surface area contributed by atoms with Crippen molar-refractivity contribution < 1.29 is 28.9 Å². The normalized spacial score (nSPS) is 10.8. The number of aromatic hydroxyl groups is 1. The number of hydrogen-bond donors (Lipinski definition) is 2. The number of aromatic carboxylic acids is 1. The van der Waals surface area contributed by atoms with E-state index in [1.54, 1.807) is 0 Å². The Labute approximate surface area is 151 Å². The molecule has 2 aromatic rings. The molecule has 2 rings (SSSR count). The fourth-order valence-corrected chi connectivity index (χ4v) is 2.81. The molecule has 0 spiro atoms. The second-order valence-corrected chi connectivity index (χ2v) is 6.00. The van der Waals surface area contributed by atoms with E-state index in [4.69, 9.17) is 13.9 Å². The van der Waals surface area contributed by atoms with Crippen molar-refractivity contribution in [2.24, 2.45) is 0 Å². The molecule has 1 heterocycles. The summed E-state index contributed by atoms with van der Waals surface area (Å²) in [7, 11) is 1.32. The number of carboxylic acids is 1. The Morgan fingerprint density at radius 2 is 1.85 bits per heavy atom. The van der Waals surface area contributed by atoms with E-state index < -0.39 is 17.3 Å². The molecular weight excluding hydrogens is 340 g/mol. The molecular formula is C19H24O7. The van der Waals surface area contributed by atoms with E-state index in [1.807, 2.05) is 0 Å². The van der Waals surface area contributed by atoms with Crippen LogP contribution in [0.5, 0.6) is 17.2 Å². The molecule has 1 aromatic carbocycles. The maximum absolute atomic E-state index is 12.1. The summed E-state index contributed by atoms with van der Waals surface area (Å²) in [5, 5.41) is 19.8. The molecule has 0 saturated heterocycles. The van der Waals surface area contributed by atoms with Gasteiger partial charge in [0.1, 0.15) is 16.9 Å². The molecule has 0 amide bonds. The second-order valence-electron chi connectivity index (χ2n) is 6.00. The van der Waals surface area contributed by atoms with Gasteiger partial charge in [0.25, 0.3) is 0 Å². The number of fused-ring (bicyclic) bond motifs is 1. The number of carbonyl (C=O) groups is 1. The van der Waals surface area contributed by atoms with E-state index in [-0.39, 0.29) is 34.6 Å². The lowest BCUT2D eigenvalue weighted by Crippen LogP contribution is -2.10. The lowest BCUT2D eigenvalue weighted by molar-refractivity contribution is 0.0695. The Hall–Kier alpha value is -2.70. The summed E-state index contributed by atoms with van der Waals surface area (Å²) in [5.74, 6) is -2.17. The Morgan fingerprint density at radius 1 is 1.15 bits per heavy atom. The first-order valence-corrected chi connectivity index (χ1v) is 8.74. The van der Waals surface area contributed by atoms with Crippen LogP contribution in [-0.2, 0) is 0 Å². The van der Waals surface area contributed by atoms with E-state index >= 15 is 0 Å². The van der Waals surface area contributed by atoms with Crippen LogP contribution in [0.2, 0.25) is 0 Å². The summed E-state index contributed by atoms with van der Waals surface area (Å²) in [5.41, 5.74) is -1.17. The Bertz CT molecular complexity index is 823. The summed E-state index contributed by atoms with van der Waals surface area (Å²) >= 11 is 0. The maximum atomic E-state index is 12.1. The minimum absolute atomic E-state index is 0.0439. The average Bonchev–Trinajstić information content (AvgIpc) is 2.62. The van der Waals surface area contributed by atoms with E-state index in [1.165, 1.54) is 25.7 Å². The zero-order valence-corrected chi connectivity index (χ0v) is 15.0. The average molecular weight is 364 g/mol. The van der Waals surface area contributed by atoms with Gasteiger partial charge in [-0.05, 0) is 18.6 Å². The van der Waals surface area contributed by atoms with Crippen molar-refractivity contribution in [3.05, 3.63) is 28.1 Å². The molecule has 0 saturated carbocycles. The van der Waals surface area contributed by atoms with Gasteiger partial charge in [-0.3, -0.25) is 0 Å². The lowest BCUT2D eigenvalue weighted by Gasteiger charge is -2.12. The fourth-order valence-electron chi connectivity index (χ4n) is 2.81. The van der Waals surface area contributed by atoms with Crippen LogP contribution in [0.25, 0.3) is 11.0 Å². The Kier molecular flexibility index (Phi) is 6.89. The molecule has 0 fully saturated rings. The largest absolute Gasteiger partial charge is 0.504 e. The highest BCUT2D eigenvalue weighted by atomic mass is 16.5. The van der Waals surface area contributed by atoms with Gasteiger partial charge in [0, 0.05) is 0 Å². The summed E-state index contributed by atoms with van der Waals surface area (Å²) in [6.45, 7) is 2.38. The minimum atomic E-state index is -1.31. The lowest BCUT2D eigenvalue weighted by atomic mass is 10.1. The number of benzene rings is 1. The summed E-state index contributed by atoms with van der Waals surface area (Å²) in [6.07, 6.45) is 6.27. The summed E-state index contributed by atoms with van der Waals surface area (Å²) in [4.78, 5) is 23.6. The molecule has 7 nitrogen and oxygen atoms in total. The molecule has 0 unspecified atom stereocenters. The van der Waals surface area contributed by atoms with Gasteiger partial charge in [-0.1, -0.05) is 39.0 Å². The predicted molar refractivity (Wildman–Crippen MR) is 96.5 cm³/mol. The van der Waals surface area contributed by atoms with Crippen LogP contribution in [-0.4, -0.2) is 29.9 Å². The molecule has 0 radical (unpaired) electrons. The van der Waals surface area contributed by atoms with Gasteiger partial charge < -0.3 is 24.1 Å². The van der Waals surface area contributed by atoms with Crippen molar-refractivity contribution in [1.29, 1.82) is 0 Å². The van der Waals surface area contributed by atoms with Crippen molar-refractivity contribution in [3.63, 3.8) is 0 Å². The number of unbranched alkanes of at least 4 members (excludes halogenated alkanes) is 5. The molecule has 2 N–H and O–H groups in total. The standard InChI is InChI=1S/C19H24O7/c1-3-4-5-6-7-8-11-25-17-16(20)14-13(26-19(17)23)10-9-12(24-2)15(14)18(21)22/h9-10,20H,3-8,11H2,1-2H3,(H,21,22). The Balaban J connectivity index is 2.26. The number of methoxy groups -OCH3 is 1. The van der Waals surface area contributed by atoms with E-state index in [2.05, 4.69) is 6.92 Å². The summed E-state index contributed by atoms with van der Waals surface area (Å²) < 4.78 is 15.5. The van der Waals surface area contributed by atoms with Crippen LogP contribution in [0.1, 0.15) is 55.8 Å². The van der Waals surface area contributed by atoms with Crippen molar-refractivity contribution in [1.82, 2.24) is 0 Å². The number of carboxylic acid groups (broad SMARTS) is 1. The minimum Gasteiger partial charge on any atom is -0.504 e. The monoisotopic (exact) mass is 364 g/mol. The van der Waals surface area contributed by atoms with Crippen LogP contribution < -0.4 is 15.1 Å². The van der Waals surface area contributed by atoms with Gasteiger partial charge in [0.2, 0.25) is 5.75 Å². The first-order valence-electron chi connectivity index (χ1n) is 8.74. The van der Waals surface area contributed by atoms with Gasteiger partial charge in [-0.15, -0.1) is 0 Å². The fraction of sp³-hybridized carbons (Fsp3) is 0.474. The molecule has 0 aliphatic heterocycles. The van der Waals surface area contributed by atoms with Gasteiger partial charge in [0.15, 0.2) is 5.75 Å². The van der Waals surface area contributed by atoms with Crippen molar-refractivity contribution in [2.75, 3.05) is 13.7 Å². The third kappa shape index (κ3) is 4.28. The van der Waals surface area contributed by atoms with Crippen LogP contribution in [0, 0.1) is 0 Å². The van der Waals surface area contributed by atoms with Crippen LogP contribution in [0.4, 0.5) is 0 Å². The molecule has 7 heteroatoms. The van der Waals surface area contributed by atoms with Crippen LogP contribution >= 0.6 is 0 Å². The molecule has 0 atom stereocenters. The van der Waals surface area contributed by atoms with Gasteiger partial charge in [0.05, 0.1) is 19.1 Å². The highest BCUT2D eigenvalue weighted by Gasteiger charge is 2.24. The molecule has 1 aromatic heterocycles. The number of hydrogen-bond acceptors (Lipinski definition) is 6. The smallest absolute Gasteiger partial charge is 0.383 e. The SMILES string of the molecule is CCCCCCCCOc1c(O)c2c(C(=O)O)c(OC)ccc2oc1=O. The first kappa shape index (κ1) is 19.6. The third-order valence-corrected chi connectivity index (χ3v) is 4.15. The second kappa shape index (κ2) is 9.12. The summed E-state index contributed by atoms with van der Waals surface area (Å²) in [6, 6.07) is 2.74.